The number of benzene rings is 2. The van der Waals surface area contributed by atoms with Gasteiger partial charge in [0.1, 0.15) is 0 Å². The van der Waals surface area contributed by atoms with E-state index in [9.17, 15) is 9.59 Å². The topological polar surface area (TPSA) is 55.4 Å². The van der Waals surface area contributed by atoms with Crippen LogP contribution in [0.5, 0.6) is 0 Å². The van der Waals surface area contributed by atoms with Crippen LogP contribution >= 0.6 is 23.2 Å². The van der Waals surface area contributed by atoms with Gasteiger partial charge >= 0.3 is 5.97 Å². The van der Waals surface area contributed by atoms with Gasteiger partial charge in [-0.1, -0.05) is 59.1 Å². The Morgan fingerprint density at radius 1 is 1.08 bits per heavy atom. The molecule has 0 aromatic heterocycles. The summed E-state index contributed by atoms with van der Waals surface area (Å²) in [6.07, 6.45) is 0.0186. The molecule has 25 heavy (non-hydrogen) atoms. The third-order valence-electron chi connectivity index (χ3n) is 3.65. The summed E-state index contributed by atoms with van der Waals surface area (Å²) < 4.78 is 5.01. The van der Waals surface area contributed by atoms with Gasteiger partial charge in [-0.25, -0.2) is 0 Å². The fourth-order valence-electron chi connectivity index (χ4n) is 2.38. The predicted molar refractivity (Wildman–Crippen MR) is 99.1 cm³/mol. The van der Waals surface area contributed by atoms with Gasteiger partial charge in [0.25, 0.3) is 5.91 Å². The fourth-order valence-corrected chi connectivity index (χ4v) is 2.95. The average molecular weight is 380 g/mol. The number of nitrogens with one attached hydrogen (secondary N) is 1. The molecule has 0 heterocycles. The van der Waals surface area contributed by atoms with Crippen LogP contribution in [0.1, 0.15) is 40.9 Å². The molecule has 0 radical (unpaired) electrons. The van der Waals surface area contributed by atoms with Crippen LogP contribution in [0, 0.1) is 6.92 Å². The highest BCUT2D eigenvalue weighted by Crippen LogP contribution is 2.26. The monoisotopic (exact) mass is 379 g/mol. The molecule has 0 aliphatic rings. The summed E-state index contributed by atoms with van der Waals surface area (Å²) in [6.45, 7) is 3.98. The SMILES string of the molecule is CCOC(=O)C[C@@H](NC(=O)c1c(Cl)cccc1Cl)c1ccc(C)cc1. The van der Waals surface area contributed by atoms with Crippen molar-refractivity contribution in [3.8, 4) is 0 Å². The van der Waals surface area contributed by atoms with Gasteiger partial charge in [-0.2, -0.15) is 0 Å². The molecule has 0 unspecified atom stereocenters. The molecule has 1 amide bonds. The lowest BCUT2D eigenvalue weighted by Crippen LogP contribution is -2.31. The Morgan fingerprint density at radius 2 is 1.68 bits per heavy atom. The number of amides is 1. The highest BCUT2D eigenvalue weighted by molar-refractivity contribution is 6.39. The van der Waals surface area contributed by atoms with E-state index in [0.29, 0.717) is 0 Å². The number of carbonyl (C=O) groups excluding carboxylic acids is 2. The van der Waals surface area contributed by atoms with E-state index in [1.807, 2.05) is 31.2 Å². The lowest BCUT2D eigenvalue weighted by atomic mass is 10.0. The molecule has 2 aromatic carbocycles. The van der Waals surface area contributed by atoms with Gasteiger partial charge in [0, 0.05) is 0 Å². The molecule has 132 valence electrons. The molecule has 1 atom stereocenters. The third kappa shape index (κ3) is 5.21. The van der Waals surface area contributed by atoms with Gasteiger partial charge < -0.3 is 10.1 Å². The first-order chi connectivity index (χ1) is 11.9. The maximum Gasteiger partial charge on any atom is 0.308 e. The summed E-state index contributed by atoms with van der Waals surface area (Å²) in [7, 11) is 0. The zero-order valence-corrected chi connectivity index (χ0v) is 15.5. The Kier molecular flexibility index (Phi) is 6.85. The summed E-state index contributed by atoms with van der Waals surface area (Å²) in [5.41, 5.74) is 2.07. The molecule has 0 bridgehead atoms. The zero-order valence-electron chi connectivity index (χ0n) is 14.0. The van der Waals surface area contributed by atoms with Crippen LogP contribution in [0.2, 0.25) is 10.0 Å². The number of aryl methyl sites for hydroxylation is 1. The summed E-state index contributed by atoms with van der Waals surface area (Å²) in [5, 5.41) is 3.34. The summed E-state index contributed by atoms with van der Waals surface area (Å²) in [5.74, 6) is -0.830. The van der Waals surface area contributed by atoms with Gasteiger partial charge in [0.05, 0.1) is 34.7 Å². The Hall–Kier alpha value is -2.04. The molecule has 6 heteroatoms. The molecule has 2 aromatic rings. The first-order valence-electron chi connectivity index (χ1n) is 7.89. The number of rotatable bonds is 6. The van der Waals surface area contributed by atoms with Gasteiger partial charge in [-0.15, -0.1) is 0 Å². The molecule has 1 N–H and O–H groups in total. The van der Waals surface area contributed by atoms with Gasteiger partial charge in [0.2, 0.25) is 0 Å². The van der Waals surface area contributed by atoms with Crippen molar-refractivity contribution in [3.05, 3.63) is 69.2 Å². The van der Waals surface area contributed by atoms with E-state index < -0.39 is 17.9 Å². The molecular formula is C19H19Cl2NO3. The van der Waals surface area contributed by atoms with E-state index >= 15 is 0 Å². The molecule has 2 rings (SSSR count). The minimum atomic E-state index is -0.542. The van der Waals surface area contributed by atoms with E-state index in [0.717, 1.165) is 11.1 Å². The largest absolute Gasteiger partial charge is 0.466 e. The minimum Gasteiger partial charge on any atom is -0.466 e. The smallest absolute Gasteiger partial charge is 0.308 e. The van der Waals surface area contributed by atoms with Crippen molar-refractivity contribution >= 4 is 35.1 Å². The highest BCUT2D eigenvalue weighted by atomic mass is 35.5. The fraction of sp³-hybridized carbons (Fsp3) is 0.263. The molecule has 0 aliphatic carbocycles. The number of ether oxygens (including phenoxy) is 1. The number of esters is 1. The normalized spacial score (nSPS) is 11.7. The van der Waals surface area contributed by atoms with E-state index in [1.54, 1.807) is 25.1 Å². The molecule has 0 aliphatic heterocycles. The summed E-state index contributed by atoms with van der Waals surface area (Å²) >= 11 is 12.2. The Balaban J connectivity index is 2.27. The van der Waals surface area contributed by atoms with Gasteiger partial charge in [0.15, 0.2) is 0 Å². The average Bonchev–Trinajstić information content (AvgIpc) is 2.55. The van der Waals surface area contributed by atoms with E-state index in [4.69, 9.17) is 27.9 Å². The molecule has 0 fully saturated rings. The van der Waals surface area contributed by atoms with Crippen molar-refractivity contribution in [1.82, 2.24) is 5.32 Å². The molecule has 0 saturated carbocycles. The van der Waals surface area contributed by atoms with Crippen molar-refractivity contribution < 1.29 is 14.3 Å². The van der Waals surface area contributed by atoms with Gasteiger partial charge in [-0.3, -0.25) is 9.59 Å². The van der Waals surface area contributed by atoms with Crippen molar-refractivity contribution in [2.24, 2.45) is 0 Å². The van der Waals surface area contributed by atoms with Gasteiger partial charge in [-0.05, 0) is 31.5 Å². The summed E-state index contributed by atoms with van der Waals surface area (Å²) in [4.78, 5) is 24.6. The Morgan fingerprint density at radius 3 is 2.24 bits per heavy atom. The summed E-state index contributed by atoms with van der Waals surface area (Å²) in [6, 6.07) is 11.9. The van der Waals surface area contributed by atoms with E-state index in [1.165, 1.54) is 0 Å². The molecule has 0 spiro atoms. The number of hydrogen-bond donors (Lipinski definition) is 1. The van der Waals surface area contributed by atoms with Crippen LogP contribution in [-0.4, -0.2) is 18.5 Å². The number of hydrogen-bond acceptors (Lipinski definition) is 3. The second kappa shape index (κ2) is 8.88. The second-order valence-electron chi connectivity index (χ2n) is 5.54. The Bertz CT molecular complexity index is 740. The lowest BCUT2D eigenvalue weighted by Gasteiger charge is -2.19. The maximum atomic E-state index is 12.6. The maximum absolute atomic E-state index is 12.6. The highest BCUT2D eigenvalue weighted by Gasteiger charge is 2.22. The number of halogens is 2. The van der Waals surface area contributed by atoms with Crippen LogP contribution in [0.15, 0.2) is 42.5 Å². The molecule has 4 nitrogen and oxygen atoms in total. The number of carbonyl (C=O) groups is 2. The zero-order chi connectivity index (χ0) is 18.4. The predicted octanol–water partition coefficient (Wildman–Crippen LogP) is 4.73. The molecular weight excluding hydrogens is 361 g/mol. The van der Waals surface area contributed by atoms with Crippen molar-refractivity contribution in [3.63, 3.8) is 0 Å². The van der Waals surface area contributed by atoms with Crippen LogP contribution in [0.3, 0.4) is 0 Å². The van der Waals surface area contributed by atoms with Crippen molar-refractivity contribution in [2.75, 3.05) is 6.61 Å². The first kappa shape index (κ1) is 19.3. The first-order valence-corrected chi connectivity index (χ1v) is 8.65. The Labute approximate surface area is 157 Å². The van der Waals surface area contributed by atoms with Crippen LogP contribution in [0.4, 0.5) is 0 Å². The molecule has 0 saturated heterocycles. The van der Waals surface area contributed by atoms with E-state index in [2.05, 4.69) is 5.32 Å². The lowest BCUT2D eigenvalue weighted by molar-refractivity contribution is -0.143. The standard InChI is InChI=1S/C19H19Cl2NO3/c1-3-25-17(23)11-16(13-9-7-12(2)8-10-13)22-19(24)18-14(20)5-4-6-15(18)21/h4-10,16H,3,11H2,1-2H3,(H,22,24)/t16-/m1/s1. The second-order valence-corrected chi connectivity index (χ2v) is 6.36. The third-order valence-corrected chi connectivity index (χ3v) is 4.28. The van der Waals surface area contributed by atoms with Crippen LogP contribution < -0.4 is 5.32 Å². The van der Waals surface area contributed by atoms with Crippen LogP contribution in [0.25, 0.3) is 0 Å². The van der Waals surface area contributed by atoms with Crippen molar-refractivity contribution in [2.45, 2.75) is 26.3 Å². The quantitative estimate of drug-likeness (QED) is 0.738. The van der Waals surface area contributed by atoms with Crippen LogP contribution in [-0.2, 0) is 9.53 Å². The minimum absolute atomic E-state index is 0.0186. The van der Waals surface area contributed by atoms with Crippen molar-refractivity contribution in [1.29, 1.82) is 0 Å². The van der Waals surface area contributed by atoms with E-state index in [-0.39, 0.29) is 28.6 Å².